The number of aryl methyl sites for hydroxylation is 1. The van der Waals surface area contributed by atoms with E-state index >= 15 is 0 Å². The Kier molecular flexibility index (Phi) is 4.20. The molecule has 0 aromatic carbocycles. The van der Waals surface area contributed by atoms with Crippen LogP contribution in [0.1, 0.15) is 12.5 Å². The van der Waals surface area contributed by atoms with E-state index in [4.69, 9.17) is 9.15 Å². The molecule has 0 bridgehead atoms. The lowest BCUT2D eigenvalue weighted by atomic mass is 10.2. The minimum absolute atomic E-state index is 0.165. The highest BCUT2D eigenvalue weighted by atomic mass is 16.6. The van der Waals surface area contributed by atoms with Crippen molar-refractivity contribution in [3.05, 3.63) is 27.8 Å². The molecule has 2 aromatic rings. The Morgan fingerprint density at radius 2 is 2.38 bits per heavy atom. The van der Waals surface area contributed by atoms with Gasteiger partial charge >= 0.3 is 5.88 Å². The molecule has 0 aliphatic heterocycles. The van der Waals surface area contributed by atoms with Gasteiger partial charge in [-0.1, -0.05) is 0 Å². The summed E-state index contributed by atoms with van der Waals surface area (Å²) in [5, 5.41) is 27.0. The minimum Gasteiger partial charge on any atom is -0.399 e. The third-order valence-corrected chi connectivity index (χ3v) is 2.71. The number of rotatable bonds is 6. The van der Waals surface area contributed by atoms with Gasteiger partial charge in [0, 0.05) is 13.7 Å². The second-order valence-electron chi connectivity index (χ2n) is 4.02. The topological polar surface area (TPSA) is 119 Å². The Bertz CT molecular complexity index is 697. The van der Waals surface area contributed by atoms with Crippen molar-refractivity contribution in [2.75, 3.05) is 18.7 Å². The monoisotopic (exact) mass is 291 g/mol. The fraction of sp³-hybridized carbons (Fsp3) is 0.333. The van der Waals surface area contributed by atoms with Gasteiger partial charge in [-0.15, -0.1) is 0 Å². The molecular formula is C12H13N5O4. The summed E-state index contributed by atoms with van der Waals surface area (Å²) in [5.41, 5.74) is 0.480. The maximum Gasteiger partial charge on any atom is 0.433 e. The highest BCUT2D eigenvalue weighted by Crippen LogP contribution is 2.31. The van der Waals surface area contributed by atoms with Crippen molar-refractivity contribution < 1.29 is 14.1 Å². The van der Waals surface area contributed by atoms with Gasteiger partial charge in [0.25, 0.3) is 0 Å². The van der Waals surface area contributed by atoms with Gasteiger partial charge in [0.15, 0.2) is 5.76 Å². The van der Waals surface area contributed by atoms with E-state index in [1.165, 1.54) is 16.8 Å². The van der Waals surface area contributed by atoms with Gasteiger partial charge in [-0.25, -0.2) is 0 Å². The quantitative estimate of drug-likeness (QED) is 0.373. The average Bonchev–Trinajstić information content (AvgIpc) is 3.04. The van der Waals surface area contributed by atoms with E-state index in [-0.39, 0.29) is 23.7 Å². The fourth-order valence-corrected chi connectivity index (χ4v) is 1.78. The molecule has 0 unspecified atom stereocenters. The van der Waals surface area contributed by atoms with Crippen LogP contribution in [0.4, 0.5) is 11.7 Å². The molecule has 9 nitrogen and oxygen atoms in total. The van der Waals surface area contributed by atoms with E-state index in [2.05, 4.69) is 10.4 Å². The number of hydrogen-bond acceptors (Lipinski definition) is 7. The number of ether oxygens (including phenoxy) is 1. The highest BCUT2D eigenvalue weighted by Gasteiger charge is 2.22. The van der Waals surface area contributed by atoms with E-state index in [1.807, 2.05) is 13.0 Å². The molecule has 2 aromatic heterocycles. The number of aromatic nitrogens is 2. The summed E-state index contributed by atoms with van der Waals surface area (Å²) in [5.74, 6) is 0.224. The molecule has 0 amide bonds. The molecule has 0 saturated heterocycles. The van der Waals surface area contributed by atoms with E-state index in [9.17, 15) is 15.4 Å². The Morgan fingerprint density at radius 3 is 2.95 bits per heavy atom. The van der Waals surface area contributed by atoms with Crippen LogP contribution in [-0.2, 0) is 11.8 Å². The molecule has 0 radical (unpaired) electrons. The fourth-order valence-electron chi connectivity index (χ4n) is 1.78. The van der Waals surface area contributed by atoms with Crippen LogP contribution in [-0.4, -0.2) is 28.0 Å². The summed E-state index contributed by atoms with van der Waals surface area (Å²) in [4.78, 5) is 9.99. The van der Waals surface area contributed by atoms with E-state index in [0.29, 0.717) is 12.4 Å². The third-order valence-electron chi connectivity index (χ3n) is 2.71. The predicted octanol–water partition coefficient (Wildman–Crippen LogP) is 1.87. The number of nitrogens with zero attached hydrogens (tertiary/aromatic N) is 4. The van der Waals surface area contributed by atoms with Crippen LogP contribution in [0, 0.1) is 21.4 Å². The van der Waals surface area contributed by atoms with E-state index in [1.54, 1.807) is 7.05 Å². The zero-order valence-corrected chi connectivity index (χ0v) is 11.5. The van der Waals surface area contributed by atoms with E-state index in [0.717, 1.165) is 0 Å². The van der Waals surface area contributed by atoms with Crippen LogP contribution in [0.5, 0.6) is 0 Å². The molecule has 0 aliphatic rings. The molecule has 0 spiro atoms. The summed E-state index contributed by atoms with van der Waals surface area (Å²) >= 11 is 0. The maximum atomic E-state index is 10.6. The predicted molar refractivity (Wildman–Crippen MR) is 72.4 cm³/mol. The second-order valence-corrected chi connectivity index (χ2v) is 4.02. The number of nitriles is 1. The summed E-state index contributed by atoms with van der Waals surface area (Å²) in [6, 6.07) is 4.65. The van der Waals surface area contributed by atoms with Crippen LogP contribution in [0.25, 0.3) is 11.5 Å². The zero-order valence-electron chi connectivity index (χ0n) is 11.5. The van der Waals surface area contributed by atoms with Crippen molar-refractivity contribution in [3.8, 4) is 17.5 Å². The standard InChI is InChI=1S/C12H13N5O4/c1-3-20-7-14-12-8(6-13)11(15-16(12)2)9-4-5-10(21-9)17(18)19/h4-5,14H,3,7H2,1-2H3. The van der Waals surface area contributed by atoms with Crippen molar-refractivity contribution in [2.24, 2.45) is 7.05 Å². The summed E-state index contributed by atoms with van der Waals surface area (Å²) in [6.45, 7) is 2.61. The third kappa shape index (κ3) is 2.85. The van der Waals surface area contributed by atoms with Gasteiger partial charge in [-0.3, -0.25) is 14.8 Å². The SMILES string of the molecule is CCOCNc1c(C#N)c(-c2ccc([N+](=O)[O-])o2)nn1C. The number of hydrogen-bond donors (Lipinski definition) is 1. The number of nitrogens with one attached hydrogen (secondary N) is 1. The van der Waals surface area contributed by atoms with Gasteiger partial charge in [0.05, 0.1) is 6.07 Å². The van der Waals surface area contributed by atoms with Crippen LogP contribution >= 0.6 is 0 Å². The molecule has 2 rings (SSSR count). The maximum absolute atomic E-state index is 10.6. The number of anilines is 1. The first-order valence-electron chi connectivity index (χ1n) is 6.11. The molecule has 2 heterocycles. The first-order valence-corrected chi connectivity index (χ1v) is 6.11. The first kappa shape index (κ1) is 14.5. The molecule has 0 saturated carbocycles. The van der Waals surface area contributed by atoms with Crippen molar-refractivity contribution in [2.45, 2.75) is 6.92 Å². The molecule has 21 heavy (non-hydrogen) atoms. The van der Waals surface area contributed by atoms with E-state index < -0.39 is 10.8 Å². The Labute approximate surface area is 119 Å². The van der Waals surface area contributed by atoms with Gasteiger partial charge in [0.1, 0.15) is 34.8 Å². The molecule has 110 valence electrons. The van der Waals surface area contributed by atoms with Crippen molar-refractivity contribution in [1.82, 2.24) is 9.78 Å². The van der Waals surface area contributed by atoms with Gasteiger partial charge in [-0.2, -0.15) is 10.4 Å². The summed E-state index contributed by atoms with van der Waals surface area (Å²) in [6.07, 6.45) is 0. The van der Waals surface area contributed by atoms with Crippen molar-refractivity contribution >= 4 is 11.7 Å². The zero-order chi connectivity index (χ0) is 15.4. The number of nitro groups is 1. The second kappa shape index (κ2) is 6.06. The molecule has 0 aliphatic carbocycles. The lowest BCUT2D eigenvalue weighted by Crippen LogP contribution is -2.10. The van der Waals surface area contributed by atoms with Crippen molar-refractivity contribution in [1.29, 1.82) is 5.26 Å². The Balaban J connectivity index is 2.37. The summed E-state index contributed by atoms with van der Waals surface area (Å²) in [7, 11) is 1.65. The molecule has 0 fully saturated rings. The summed E-state index contributed by atoms with van der Waals surface area (Å²) < 4.78 is 11.7. The molecule has 9 heteroatoms. The largest absolute Gasteiger partial charge is 0.433 e. The highest BCUT2D eigenvalue weighted by molar-refractivity contribution is 5.71. The number of furan rings is 1. The molecule has 0 atom stereocenters. The smallest absolute Gasteiger partial charge is 0.399 e. The molecular weight excluding hydrogens is 278 g/mol. The van der Waals surface area contributed by atoms with Gasteiger partial charge in [0.2, 0.25) is 0 Å². The van der Waals surface area contributed by atoms with Crippen LogP contribution < -0.4 is 5.32 Å². The van der Waals surface area contributed by atoms with Crippen molar-refractivity contribution in [3.63, 3.8) is 0 Å². The normalized spacial score (nSPS) is 10.3. The van der Waals surface area contributed by atoms with Crippen LogP contribution in [0.2, 0.25) is 0 Å². The van der Waals surface area contributed by atoms with Gasteiger partial charge < -0.3 is 14.5 Å². The molecule has 1 N–H and O–H groups in total. The Hall–Kier alpha value is -2.86. The van der Waals surface area contributed by atoms with Gasteiger partial charge in [-0.05, 0) is 13.0 Å². The first-order chi connectivity index (χ1) is 10.1. The van der Waals surface area contributed by atoms with Crippen LogP contribution in [0.3, 0.4) is 0 Å². The minimum atomic E-state index is -0.646. The lowest BCUT2D eigenvalue weighted by molar-refractivity contribution is -0.401. The Morgan fingerprint density at radius 1 is 1.62 bits per heavy atom. The lowest BCUT2D eigenvalue weighted by Gasteiger charge is -2.06. The van der Waals surface area contributed by atoms with Crippen LogP contribution in [0.15, 0.2) is 16.5 Å². The average molecular weight is 291 g/mol.